The monoisotopic (exact) mass is 564 g/mol. The van der Waals surface area contributed by atoms with Gasteiger partial charge in [0.2, 0.25) is 0 Å². The minimum atomic E-state index is -4.88. The Labute approximate surface area is 226 Å². The third kappa shape index (κ3) is 7.78. The van der Waals surface area contributed by atoms with Gasteiger partial charge >= 0.3 is 6.18 Å². The number of halogens is 6. The van der Waals surface area contributed by atoms with Crippen molar-refractivity contribution in [2.45, 2.75) is 32.5 Å². The molecule has 0 aliphatic carbocycles. The SMILES string of the molecule is Cc1c(NC(=O)COc2ccc(Cl)cc2C(=O)c2cc(F)cc(C(F)(F)F)c2)ccc(C#CC(C)(C)N)c1F. The lowest BCUT2D eigenvalue weighted by Gasteiger charge is -2.14. The molecule has 0 fully saturated rings. The Hall–Kier alpha value is -3.94. The molecule has 3 rings (SSSR count). The number of nitrogens with two attached hydrogens (primary N) is 1. The van der Waals surface area contributed by atoms with Gasteiger partial charge in [-0.25, -0.2) is 8.78 Å². The fourth-order valence-corrected chi connectivity index (χ4v) is 3.49. The summed E-state index contributed by atoms with van der Waals surface area (Å²) in [6.45, 7) is 4.12. The summed E-state index contributed by atoms with van der Waals surface area (Å²) in [5.74, 6) is 1.55. The largest absolute Gasteiger partial charge is 0.483 e. The predicted molar refractivity (Wildman–Crippen MR) is 137 cm³/mol. The number of anilines is 1. The van der Waals surface area contributed by atoms with Gasteiger partial charge in [0.25, 0.3) is 5.91 Å². The Balaban J connectivity index is 1.80. The van der Waals surface area contributed by atoms with E-state index < -0.39 is 52.8 Å². The number of hydrogen-bond acceptors (Lipinski definition) is 4. The zero-order chi connectivity index (χ0) is 29.1. The van der Waals surface area contributed by atoms with Gasteiger partial charge in [0, 0.05) is 21.8 Å². The van der Waals surface area contributed by atoms with Crippen LogP contribution in [0, 0.1) is 30.4 Å². The van der Waals surface area contributed by atoms with Gasteiger partial charge in [-0.1, -0.05) is 23.4 Å². The highest BCUT2D eigenvalue weighted by atomic mass is 35.5. The number of ether oxygens (including phenoxy) is 1. The topological polar surface area (TPSA) is 81.4 Å². The molecule has 0 saturated carbocycles. The van der Waals surface area contributed by atoms with Gasteiger partial charge in [-0.15, -0.1) is 0 Å². The maximum absolute atomic E-state index is 14.7. The maximum atomic E-state index is 14.7. The van der Waals surface area contributed by atoms with Crippen LogP contribution in [0.4, 0.5) is 27.6 Å². The zero-order valence-corrected chi connectivity index (χ0v) is 21.7. The normalized spacial score (nSPS) is 11.4. The molecule has 39 heavy (non-hydrogen) atoms. The van der Waals surface area contributed by atoms with E-state index in [4.69, 9.17) is 22.1 Å². The molecule has 0 spiro atoms. The lowest BCUT2D eigenvalue weighted by atomic mass is 10.00. The van der Waals surface area contributed by atoms with Crippen molar-refractivity contribution in [2.24, 2.45) is 5.73 Å². The Morgan fingerprint density at radius 2 is 1.74 bits per heavy atom. The molecular formula is C28H22ClF5N2O3. The summed E-state index contributed by atoms with van der Waals surface area (Å²) in [6.07, 6.45) is -4.88. The van der Waals surface area contributed by atoms with Gasteiger partial charge in [-0.2, -0.15) is 13.2 Å². The molecule has 0 unspecified atom stereocenters. The number of carbonyl (C=O) groups is 2. The fraction of sp³-hybridized carbons (Fsp3) is 0.214. The van der Waals surface area contributed by atoms with Gasteiger partial charge in [0.05, 0.1) is 22.2 Å². The number of ketones is 1. The van der Waals surface area contributed by atoms with E-state index in [2.05, 4.69) is 17.2 Å². The molecule has 0 bridgehead atoms. The van der Waals surface area contributed by atoms with Crippen molar-refractivity contribution < 1.29 is 36.3 Å². The highest BCUT2D eigenvalue weighted by Gasteiger charge is 2.32. The van der Waals surface area contributed by atoms with Crippen molar-refractivity contribution in [1.29, 1.82) is 0 Å². The molecule has 0 radical (unpaired) electrons. The van der Waals surface area contributed by atoms with Crippen LogP contribution in [0.5, 0.6) is 5.75 Å². The molecule has 0 aliphatic heterocycles. The van der Waals surface area contributed by atoms with Gasteiger partial charge in [-0.05, 0) is 69.3 Å². The quantitative estimate of drug-likeness (QED) is 0.210. The Morgan fingerprint density at radius 3 is 2.38 bits per heavy atom. The second-order valence-corrected chi connectivity index (χ2v) is 9.54. The third-order valence-electron chi connectivity index (χ3n) is 5.21. The number of alkyl halides is 3. The fourth-order valence-electron chi connectivity index (χ4n) is 3.32. The maximum Gasteiger partial charge on any atom is 0.416 e. The van der Waals surface area contributed by atoms with E-state index in [9.17, 15) is 31.5 Å². The first-order valence-electron chi connectivity index (χ1n) is 11.3. The van der Waals surface area contributed by atoms with Gasteiger partial charge < -0.3 is 15.8 Å². The van der Waals surface area contributed by atoms with Crippen LogP contribution in [0.25, 0.3) is 0 Å². The van der Waals surface area contributed by atoms with Crippen LogP contribution in [0.1, 0.15) is 46.5 Å². The van der Waals surface area contributed by atoms with E-state index in [1.54, 1.807) is 13.8 Å². The van der Waals surface area contributed by atoms with Crippen molar-refractivity contribution in [3.63, 3.8) is 0 Å². The third-order valence-corrected chi connectivity index (χ3v) is 5.45. The molecule has 3 N–H and O–H groups in total. The predicted octanol–water partition coefficient (Wildman–Crippen LogP) is 6.28. The summed E-state index contributed by atoms with van der Waals surface area (Å²) >= 11 is 5.95. The molecule has 0 atom stereocenters. The number of hydrogen-bond donors (Lipinski definition) is 2. The second kappa shape index (κ2) is 11.4. The van der Waals surface area contributed by atoms with Crippen LogP contribution < -0.4 is 15.8 Å². The van der Waals surface area contributed by atoms with Gasteiger partial charge in [0.1, 0.15) is 17.4 Å². The van der Waals surface area contributed by atoms with E-state index >= 15 is 0 Å². The second-order valence-electron chi connectivity index (χ2n) is 9.10. The molecule has 0 saturated heterocycles. The van der Waals surface area contributed by atoms with Crippen LogP contribution in [-0.4, -0.2) is 23.8 Å². The molecule has 5 nitrogen and oxygen atoms in total. The molecule has 0 aromatic heterocycles. The number of benzene rings is 3. The van der Waals surface area contributed by atoms with E-state index in [0.29, 0.717) is 12.1 Å². The smallest absolute Gasteiger partial charge is 0.416 e. The van der Waals surface area contributed by atoms with E-state index in [-0.39, 0.29) is 39.2 Å². The summed E-state index contributed by atoms with van der Waals surface area (Å²) in [4.78, 5) is 25.5. The summed E-state index contributed by atoms with van der Waals surface area (Å²) in [7, 11) is 0. The molecule has 1 amide bonds. The Bertz CT molecular complexity index is 1500. The van der Waals surface area contributed by atoms with E-state index in [1.807, 2.05) is 0 Å². The lowest BCUT2D eigenvalue weighted by molar-refractivity contribution is -0.137. The highest BCUT2D eigenvalue weighted by Crippen LogP contribution is 2.32. The van der Waals surface area contributed by atoms with Crippen LogP contribution in [0.2, 0.25) is 5.02 Å². The van der Waals surface area contributed by atoms with Crippen LogP contribution in [-0.2, 0) is 11.0 Å². The summed E-state index contributed by atoms with van der Waals surface area (Å²) in [5.41, 5.74) is 3.08. The molecule has 0 aliphatic rings. The highest BCUT2D eigenvalue weighted by molar-refractivity contribution is 6.31. The van der Waals surface area contributed by atoms with E-state index in [0.717, 1.165) is 6.07 Å². The number of nitrogens with one attached hydrogen (secondary N) is 1. The van der Waals surface area contributed by atoms with Crippen molar-refractivity contribution in [3.05, 3.63) is 93.0 Å². The molecule has 0 heterocycles. The van der Waals surface area contributed by atoms with Crippen molar-refractivity contribution in [2.75, 3.05) is 11.9 Å². The molecule has 11 heteroatoms. The summed E-state index contributed by atoms with van der Waals surface area (Å²) < 4.78 is 73.3. The zero-order valence-electron chi connectivity index (χ0n) is 20.9. The van der Waals surface area contributed by atoms with E-state index in [1.165, 1.54) is 31.2 Å². The first-order chi connectivity index (χ1) is 18.0. The molecular weight excluding hydrogens is 543 g/mol. The molecule has 3 aromatic rings. The average Bonchev–Trinajstić information content (AvgIpc) is 2.83. The lowest BCUT2D eigenvalue weighted by Crippen LogP contribution is -2.29. The summed E-state index contributed by atoms with van der Waals surface area (Å²) in [5, 5.41) is 2.53. The summed E-state index contributed by atoms with van der Waals surface area (Å²) in [6, 6.07) is 7.93. The first kappa shape index (κ1) is 29.6. The Morgan fingerprint density at radius 1 is 1.05 bits per heavy atom. The van der Waals surface area contributed by atoms with Crippen molar-refractivity contribution in [3.8, 4) is 17.6 Å². The number of carbonyl (C=O) groups excluding carboxylic acids is 2. The van der Waals surface area contributed by atoms with Crippen LogP contribution in [0.15, 0.2) is 48.5 Å². The van der Waals surface area contributed by atoms with Crippen LogP contribution in [0.3, 0.4) is 0 Å². The minimum absolute atomic E-state index is 0.0508. The van der Waals surface area contributed by atoms with Gasteiger partial charge in [-0.3, -0.25) is 9.59 Å². The molecule has 3 aromatic carbocycles. The first-order valence-corrected chi connectivity index (χ1v) is 11.7. The average molecular weight is 565 g/mol. The van der Waals surface area contributed by atoms with Crippen molar-refractivity contribution in [1.82, 2.24) is 0 Å². The minimum Gasteiger partial charge on any atom is -0.483 e. The van der Waals surface area contributed by atoms with Crippen LogP contribution >= 0.6 is 11.6 Å². The number of rotatable bonds is 6. The van der Waals surface area contributed by atoms with Gasteiger partial charge in [0.15, 0.2) is 12.4 Å². The molecule has 204 valence electrons. The standard InChI is InChI=1S/C28H22ClF5N2O3/c1-15-22(6-4-16(25(15)31)8-9-27(2,3)35)36-24(37)14-39-23-7-5-19(29)13-21(23)26(38)17-10-18(28(32,33)34)12-20(30)11-17/h4-7,10-13H,14,35H2,1-3H3,(H,36,37). The van der Waals surface area contributed by atoms with Crippen molar-refractivity contribution >= 4 is 29.0 Å². The number of amides is 1. The Kier molecular flexibility index (Phi) is 8.68.